The van der Waals surface area contributed by atoms with Gasteiger partial charge in [-0.15, -0.1) is 0 Å². The minimum Gasteiger partial charge on any atom is -0.327 e. The number of para-hydroxylation sites is 1. The van der Waals surface area contributed by atoms with Crippen molar-refractivity contribution in [1.29, 1.82) is 0 Å². The van der Waals surface area contributed by atoms with Crippen molar-refractivity contribution >= 4 is 11.6 Å². The second kappa shape index (κ2) is 5.55. The summed E-state index contributed by atoms with van der Waals surface area (Å²) in [4.78, 5) is 11.4. The minimum atomic E-state index is -0.793. The third-order valence-corrected chi connectivity index (χ3v) is 2.20. The molecule has 0 aliphatic carbocycles. The maximum Gasteiger partial charge on any atom is 0.226 e. The number of hydrogen-bond donors (Lipinski definition) is 2. The molecule has 16 heavy (non-hydrogen) atoms. The summed E-state index contributed by atoms with van der Waals surface area (Å²) < 4.78 is 26.3. The van der Waals surface area contributed by atoms with E-state index in [9.17, 15) is 13.6 Å². The fourth-order valence-corrected chi connectivity index (χ4v) is 1.19. The summed E-state index contributed by atoms with van der Waals surface area (Å²) in [6.45, 7) is 1.83. The van der Waals surface area contributed by atoms with Gasteiger partial charge in [0.2, 0.25) is 5.91 Å². The Morgan fingerprint density at radius 2 is 2.00 bits per heavy atom. The smallest absolute Gasteiger partial charge is 0.226 e. The van der Waals surface area contributed by atoms with E-state index in [1.54, 1.807) is 0 Å². The van der Waals surface area contributed by atoms with Crippen molar-refractivity contribution < 1.29 is 13.6 Å². The fraction of sp³-hybridized carbons (Fsp3) is 0.364. The maximum atomic E-state index is 13.1. The first-order chi connectivity index (χ1) is 7.54. The van der Waals surface area contributed by atoms with Crippen LogP contribution in [0.4, 0.5) is 14.5 Å². The largest absolute Gasteiger partial charge is 0.327 e. The van der Waals surface area contributed by atoms with Gasteiger partial charge in [0.25, 0.3) is 0 Å². The summed E-state index contributed by atoms with van der Waals surface area (Å²) >= 11 is 0. The van der Waals surface area contributed by atoms with Gasteiger partial charge < -0.3 is 11.1 Å². The first kappa shape index (κ1) is 12.6. The molecule has 0 spiro atoms. The van der Waals surface area contributed by atoms with Crippen molar-refractivity contribution in [3.63, 3.8) is 0 Å². The number of benzene rings is 1. The molecule has 1 rings (SSSR count). The van der Waals surface area contributed by atoms with Crippen LogP contribution in [0, 0.1) is 11.6 Å². The molecule has 0 saturated heterocycles. The predicted octanol–water partition coefficient (Wildman–Crippen LogP) is 2.03. The molecule has 1 amide bonds. The van der Waals surface area contributed by atoms with Crippen LogP contribution in [-0.2, 0) is 4.79 Å². The highest BCUT2D eigenvalue weighted by Gasteiger charge is 2.13. The molecule has 0 saturated carbocycles. The third kappa shape index (κ3) is 3.27. The van der Waals surface area contributed by atoms with Crippen LogP contribution in [0.5, 0.6) is 0 Å². The van der Waals surface area contributed by atoms with Gasteiger partial charge in [-0.05, 0) is 18.6 Å². The van der Waals surface area contributed by atoms with Crippen LogP contribution in [0.25, 0.3) is 0 Å². The first-order valence-corrected chi connectivity index (χ1v) is 5.04. The third-order valence-electron chi connectivity index (χ3n) is 2.20. The number of nitrogens with one attached hydrogen (secondary N) is 1. The normalized spacial score (nSPS) is 12.2. The molecule has 1 atom stereocenters. The average Bonchev–Trinajstić information content (AvgIpc) is 2.23. The lowest BCUT2D eigenvalue weighted by atomic mass is 10.1. The molecule has 88 valence electrons. The van der Waals surface area contributed by atoms with Crippen LogP contribution in [0.15, 0.2) is 18.2 Å². The van der Waals surface area contributed by atoms with Gasteiger partial charge in [-0.25, -0.2) is 8.78 Å². The first-order valence-electron chi connectivity index (χ1n) is 5.04. The van der Waals surface area contributed by atoms with Gasteiger partial charge in [0.1, 0.15) is 17.3 Å². The van der Waals surface area contributed by atoms with E-state index in [0.717, 1.165) is 12.1 Å². The number of halogens is 2. The summed E-state index contributed by atoms with van der Waals surface area (Å²) in [5.41, 5.74) is 5.13. The molecule has 0 aromatic heterocycles. The molecule has 0 heterocycles. The number of nitrogens with two attached hydrogens (primary N) is 1. The number of carbonyl (C=O) groups is 1. The average molecular weight is 228 g/mol. The van der Waals surface area contributed by atoms with Gasteiger partial charge in [0.15, 0.2) is 0 Å². The van der Waals surface area contributed by atoms with Gasteiger partial charge in [-0.3, -0.25) is 4.79 Å². The lowest BCUT2D eigenvalue weighted by Gasteiger charge is -2.10. The molecule has 1 aromatic rings. The quantitative estimate of drug-likeness (QED) is 0.828. The Morgan fingerprint density at radius 3 is 2.50 bits per heavy atom. The van der Waals surface area contributed by atoms with Gasteiger partial charge in [0.05, 0.1) is 0 Å². The maximum absolute atomic E-state index is 13.1. The zero-order chi connectivity index (χ0) is 12.1. The lowest BCUT2D eigenvalue weighted by molar-refractivity contribution is -0.116. The Hall–Kier alpha value is -1.49. The molecule has 3 nitrogen and oxygen atoms in total. The Balaban J connectivity index is 2.70. The summed E-state index contributed by atoms with van der Waals surface area (Å²) in [7, 11) is 0. The van der Waals surface area contributed by atoms with Crippen LogP contribution >= 0.6 is 0 Å². The Morgan fingerprint density at radius 1 is 1.44 bits per heavy atom. The molecule has 0 aliphatic heterocycles. The zero-order valence-electron chi connectivity index (χ0n) is 8.97. The Bertz CT molecular complexity index is 362. The van der Waals surface area contributed by atoms with E-state index < -0.39 is 23.2 Å². The number of amides is 1. The number of carbonyl (C=O) groups excluding carboxylic acids is 1. The van der Waals surface area contributed by atoms with Crippen molar-refractivity contribution in [2.75, 3.05) is 5.32 Å². The van der Waals surface area contributed by atoms with Crippen LogP contribution in [0.1, 0.15) is 19.8 Å². The van der Waals surface area contributed by atoms with Gasteiger partial charge >= 0.3 is 0 Å². The van der Waals surface area contributed by atoms with Crippen LogP contribution in [0.3, 0.4) is 0 Å². The molecule has 0 fully saturated rings. The highest BCUT2D eigenvalue weighted by atomic mass is 19.1. The molecule has 0 aliphatic rings. The molecule has 0 radical (unpaired) electrons. The zero-order valence-corrected chi connectivity index (χ0v) is 8.97. The number of hydrogen-bond acceptors (Lipinski definition) is 2. The van der Waals surface area contributed by atoms with E-state index in [1.807, 2.05) is 6.92 Å². The molecular weight excluding hydrogens is 214 g/mol. The lowest BCUT2D eigenvalue weighted by Crippen LogP contribution is -2.26. The molecule has 1 aromatic carbocycles. The van der Waals surface area contributed by atoms with Gasteiger partial charge in [0, 0.05) is 12.5 Å². The van der Waals surface area contributed by atoms with Crippen LogP contribution in [0.2, 0.25) is 0 Å². The van der Waals surface area contributed by atoms with Crippen molar-refractivity contribution in [3.8, 4) is 0 Å². The molecule has 1 unspecified atom stereocenters. The van der Waals surface area contributed by atoms with Gasteiger partial charge in [-0.2, -0.15) is 0 Å². The summed E-state index contributed by atoms with van der Waals surface area (Å²) in [5.74, 6) is -2.07. The Labute approximate surface area is 92.6 Å². The molecule has 3 N–H and O–H groups in total. The van der Waals surface area contributed by atoms with E-state index in [4.69, 9.17) is 5.73 Å². The number of anilines is 1. The van der Waals surface area contributed by atoms with Crippen molar-refractivity contribution in [2.45, 2.75) is 25.8 Å². The highest BCUT2D eigenvalue weighted by Crippen LogP contribution is 2.18. The minimum absolute atomic E-state index is 0.0459. The molecule has 5 heteroatoms. The van der Waals surface area contributed by atoms with Crippen molar-refractivity contribution in [1.82, 2.24) is 0 Å². The van der Waals surface area contributed by atoms with E-state index in [1.165, 1.54) is 6.07 Å². The van der Waals surface area contributed by atoms with Crippen LogP contribution < -0.4 is 11.1 Å². The summed E-state index contributed by atoms with van der Waals surface area (Å²) in [6, 6.07) is 3.10. The SMILES string of the molecule is CCC(N)CC(=O)Nc1c(F)cccc1F. The topological polar surface area (TPSA) is 55.1 Å². The van der Waals surface area contributed by atoms with E-state index in [-0.39, 0.29) is 12.5 Å². The number of rotatable bonds is 4. The second-order valence-corrected chi connectivity index (χ2v) is 3.52. The standard InChI is InChI=1S/C11H14F2N2O/c1-2-7(14)6-10(16)15-11-8(12)4-3-5-9(11)13/h3-5,7H,2,6,14H2,1H3,(H,15,16). The van der Waals surface area contributed by atoms with Gasteiger partial charge in [-0.1, -0.05) is 13.0 Å². The Kier molecular flexibility index (Phi) is 4.37. The van der Waals surface area contributed by atoms with E-state index >= 15 is 0 Å². The van der Waals surface area contributed by atoms with E-state index in [0.29, 0.717) is 6.42 Å². The summed E-state index contributed by atoms with van der Waals surface area (Å²) in [5, 5.41) is 2.17. The predicted molar refractivity (Wildman–Crippen MR) is 57.9 cm³/mol. The molecular formula is C11H14F2N2O. The van der Waals surface area contributed by atoms with Crippen molar-refractivity contribution in [2.24, 2.45) is 5.73 Å². The van der Waals surface area contributed by atoms with Crippen molar-refractivity contribution in [3.05, 3.63) is 29.8 Å². The highest BCUT2D eigenvalue weighted by molar-refractivity contribution is 5.91. The van der Waals surface area contributed by atoms with E-state index in [2.05, 4.69) is 5.32 Å². The monoisotopic (exact) mass is 228 g/mol. The molecule has 0 bridgehead atoms. The fourth-order valence-electron chi connectivity index (χ4n) is 1.19. The van der Waals surface area contributed by atoms with Crippen LogP contribution in [-0.4, -0.2) is 11.9 Å². The summed E-state index contributed by atoms with van der Waals surface area (Å²) in [6.07, 6.45) is 0.678. The second-order valence-electron chi connectivity index (χ2n) is 3.52.